The second kappa shape index (κ2) is 9.77. The van der Waals surface area contributed by atoms with E-state index in [1.807, 2.05) is 51.1 Å². The van der Waals surface area contributed by atoms with Crippen LogP contribution in [0.5, 0.6) is 0 Å². The van der Waals surface area contributed by atoms with Crippen molar-refractivity contribution in [3.8, 4) is 0 Å². The number of thioether (sulfide) groups is 1. The first-order chi connectivity index (χ1) is 15.9. The van der Waals surface area contributed by atoms with Crippen LogP contribution in [-0.4, -0.2) is 26.7 Å². The maximum Gasteiger partial charge on any atom is 0.278 e. The fourth-order valence-corrected chi connectivity index (χ4v) is 4.72. The molecule has 1 N–H and O–H groups in total. The van der Waals surface area contributed by atoms with Crippen molar-refractivity contribution in [2.45, 2.75) is 38.9 Å². The first-order valence-electron chi connectivity index (χ1n) is 10.6. The summed E-state index contributed by atoms with van der Waals surface area (Å²) in [7, 11) is 0. The number of amides is 2. The smallest absolute Gasteiger partial charge is 0.278 e. The highest BCUT2D eigenvalue weighted by molar-refractivity contribution is 8.04. The highest BCUT2D eigenvalue weighted by Gasteiger charge is 2.39. The molecule has 0 fully saturated rings. The minimum atomic E-state index is -0.382. The van der Waals surface area contributed by atoms with E-state index in [4.69, 9.17) is 11.6 Å². The molecule has 1 aliphatic heterocycles. The van der Waals surface area contributed by atoms with E-state index in [2.05, 4.69) is 15.3 Å². The largest absolute Gasteiger partial charge is 0.350 e. The second-order valence-corrected chi connectivity index (χ2v) is 9.11. The summed E-state index contributed by atoms with van der Waals surface area (Å²) in [6.45, 7) is 5.94. The lowest BCUT2D eigenvalue weighted by molar-refractivity contribution is -0.137. The molecule has 8 heteroatoms. The number of anilines is 1. The van der Waals surface area contributed by atoms with Crippen LogP contribution in [0.25, 0.3) is 0 Å². The van der Waals surface area contributed by atoms with Gasteiger partial charge in [-0.05, 0) is 67.4 Å². The number of aromatic nitrogens is 2. The molecule has 3 aromatic rings. The molecule has 2 amide bonds. The summed E-state index contributed by atoms with van der Waals surface area (Å²) in [5, 5.41) is 4.26. The molecule has 0 saturated carbocycles. The number of nitrogens with zero attached hydrogens (tertiary/aromatic N) is 3. The molecule has 0 unspecified atom stereocenters. The van der Waals surface area contributed by atoms with Gasteiger partial charge in [0.1, 0.15) is 10.6 Å². The van der Waals surface area contributed by atoms with Crippen molar-refractivity contribution < 1.29 is 9.59 Å². The number of benzene rings is 2. The summed E-state index contributed by atoms with van der Waals surface area (Å²) < 4.78 is 0. The van der Waals surface area contributed by atoms with Crippen molar-refractivity contribution in [2.75, 3.05) is 5.32 Å². The zero-order chi connectivity index (χ0) is 23.5. The first kappa shape index (κ1) is 23.0. The average Bonchev–Trinajstić information content (AvgIpc) is 2.99. The van der Waals surface area contributed by atoms with Crippen molar-refractivity contribution in [2.24, 2.45) is 0 Å². The topological polar surface area (TPSA) is 75.2 Å². The number of rotatable bonds is 7. The van der Waals surface area contributed by atoms with Gasteiger partial charge in [0.25, 0.3) is 11.8 Å². The minimum Gasteiger partial charge on any atom is -0.350 e. The molecule has 1 aliphatic rings. The number of para-hydroxylation sites is 1. The van der Waals surface area contributed by atoms with E-state index in [1.165, 1.54) is 4.90 Å². The Bertz CT molecular complexity index is 1240. The van der Waals surface area contributed by atoms with Crippen molar-refractivity contribution in [1.29, 1.82) is 0 Å². The molecule has 0 aliphatic carbocycles. The first-order valence-corrected chi connectivity index (χ1v) is 11.7. The number of hydrogen-bond donors (Lipinski definition) is 1. The molecule has 0 atom stereocenters. The average molecular weight is 479 g/mol. The zero-order valence-corrected chi connectivity index (χ0v) is 20.1. The normalized spacial score (nSPS) is 13.8. The van der Waals surface area contributed by atoms with Gasteiger partial charge in [-0.25, -0.2) is 9.97 Å². The van der Waals surface area contributed by atoms with Gasteiger partial charge >= 0.3 is 0 Å². The van der Waals surface area contributed by atoms with E-state index in [-0.39, 0.29) is 29.0 Å². The van der Waals surface area contributed by atoms with Crippen LogP contribution in [0, 0.1) is 13.8 Å². The van der Waals surface area contributed by atoms with Crippen molar-refractivity contribution in [3.63, 3.8) is 0 Å². The maximum atomic E-state index is 13.4. The highest BCUT2D eigenvalue weighted by atomic mass is 35.5. The van der Waals surface area contributed by atoms with E-state index < -0.39 is 0 Å². The Kier molecular flexibility index (Phi) is 6.81. The third-order valence-electron chi connectivity index (χ3n) is 5.19. The Hall–Kier alpha value is -3.16. The SMILES string of the molecule is CCc1ccccc1NC1=C(Sc2nc(C)cc(C)n2)C(=O)N(Cc2ccc(Cl)cc2)C1=O. The molecule has 168 valence electrons. The number of imide groups is 1. The lowest BCUT2D eigenvalue weighted by Crippen LogP contribution is -2.32. The van der Waals surface area contributed by atoms with E-state index in [0.717, 1.165) is 46.4 Å². The quantitative estimate of drug-likeness (QED) is 0.367. The van der Waals surface area contributed by atoms with Crippen LogP contribution >= 0.6 is 23.4 Å². The van der Waals surface area contributed by atoms with Crippen LogP contribution in [0.2, 0.25) is 5.02 Å². The number of halogens is 1. The van der Waals surface area contributed by atoms with Crippen LogP contribution in [0.15, 0.2) is 70.4 Å². The van der Waals surface area contributed by atoms with Crippen LogP contribution in [0.1, 0.15) is 29.4 Å². The predicted molar refractivity (Wildman–Crippen MR) is 131 cm³/mol. The summed E-state index contributed by atoms with van der Waals surface area (Å²) in [5.41, 5.74) is 4.49. The Labute approximate surface area is 202 Å². The van der Waals surface area contributed by atoms with Gasteiger partial charge in [-0.15, -0.1) is 0 Å². The minimum absolute atomic E-state index is 0.146. The predicted octanol–water partition coefficient (Wildman–Crippen LogP) is 5.29. The van der Waals surface area contributed by atoms with E-state index in [1.54, 1.807) is 24.3 Å². The summed E-state index contributed by atoms with van der Waals surface area (Å²) in [6, 6.07) is 16.7. The zero-order valence-electron chi connectivity index (χ0n) is 18.6. The number of nitrogens with one attached hydrogen (secondary N) is 1. The van der Waals surface area contributed by atoms with Crippen molar-refractivity contribution >= 4 is 40.9 Å². The van der Waals surface area contributed by atoms with E-state index in [0.29, 0.717) is 10.2 Å². The summed E-state index contributed by atoms with van der Waals surface area (Å²) >= 11 is 7.09. The molecule has 33 heavy (non-hydrogen) atoms. The van der Waals surface area contributed by atoms with Crippen molar-refractivity contribution in [1.82, 2.24) is 14.9 Å². The third kappa shape index (κ3) is 5.10. The molecule has 6 nitrogen and oxygen atoms in total. The molecule has 2 heterocycles. The van der Waals surface area contributed by atoms with Gasteiger partial charge in [0.15, 0.2) is 5.16 Å². The maximum absolute atomic E-state index is 13.4. The fourth-order valence-electron chi connectivity index (χ4n) is 3.59. The Morgan fingerprint density at radius 3 is 2.30 bits per heavy atom. The van der Waals surface area contributed by atoms with Crippen LogP contribution in [0.4, 0.5) is 5.69 Å². The van der Waals surface area contributed by atoms with E-state index in [9.17, 15) is 9.59 Å². The van der Waals surface area contributed by atoms with Gasteiger partial charge in [-0.2, -0.15) is 0 Å². The molecule has 4 rings (SSSR count). The van der Waals surface area contributed by atoms with Gasteiger partial charge in [0.2, 0.25) is 0 Å². The van der Waals surface area contributed by atoms with Gasteiger partial charge in [0, 0.05) is 22.1 Å². The Balaban J connectivity index is 1.72. The number of aryl methyl sites for hydroxylation is 3. The summed E-state index contributed by atoms with van der Waals surface area (Å²) in [6.07, 6.45) is 0.787. The Morgan fingerprint density at radius 1 is 0.970 bits per heavy atom. The Morgan fingerprint density at radius 2 is 1.64 bits per heavy atom. The van der Waals surface area contributed by atoms with Crippen molar-refractivity contribution in [3.05, 3.63) is 92.7 Å². The monoisotopic (exact) mass is 478 g/mol. The van der Waals surface area contributed by atoms with Gasteiger partial charge in [-0.1, -0.05) is 48.9 Å². The molecular weight excluding hydrogens is 456 g/mol. The van der Waals surface area contributed by atoms with E-state index >= 15 is 0 Å². The van der Waals surface area contributed by atoms with Crippen LogP contribution in [-0.2, 0) is 22.6 Å². The fraction of sp³-hybridized carbons (Fsp3) is 0.200. The third-order valence-corrected chi connectivity index (χ3v) is 6.39. The molecule has 0 spiro atoms. The lowest BCUT2D eigenvalue weighted by Gasteiger charge is -2.16. The standard InChI is InChI=1S/C25H23ClN4O2S/c1-4-18-7-5-6-8-20(18)29-21-22(33-25-27-15(2)13-16(3)28-25)24(32)30(23(21)31)14-17-9-11-19(26)12-10-17/h5-13,29H,4,14H2,1-3H3. The number of hydrogen-bond acceptors (Lipinski definition) is 6. The van der Waals surface area contributed by atoms with Gasteiger partial charge in [0.05, 0.1) is 6.54 Å². The lowest BCUT2D eigenvalue weighted by atomic mass is 10.1. The molecule has 0 saturated heterocycles. The summed E-state index contributed by atoms with van der Waals surface area (Å²) in [4.78, 5) is 37.3. The van der Waals surface area contributed by atoms with Gasteiger partial charge < -0.3 is 5.32 Å². The van der Waals surface area contributed by atoms with Gasteiger partial charge in [-0.3, -0.25) is 14.5 Å². The molecule has 0 radical (unpaired) electrons. The summed E-state index contributed by atoms with van der Waals surface area (Å²) in [5.74, 6) is -0.757. The highest BCUT2D eigenvalue weighted by Crippen LogP contribution is 2.36. The second-order valence-electron chi connectivity index (χ2n) is 7.70. The number of carbonyl (C=O) groups is 2. The molecule has 0 bridgehead atoms. The molecule has 1 aromatic heterocycles. The molecule has 2 aromatic carbocycles. The number of carbonyl (C=O) groups excluding carboxylic acids is 2. The van der Waals surface area contributed by atoms with Crippen LogP contribution in [0.3, 0.4) is 0 Å². The molecular formula is C25H23ClN4O2S. The van der Waals surface area contributed by atoms with Crippen LogP contribution < -0.4 is 5.32 Å².